The standard InChI is InChI=1S/C26H31N3O2/c1-27-16-18-10-12-19(13-11-18)17-28-26(30)23-15-25(20-6-5-7-21(14-20)31-2)29-24-9-4-3-8-22(23)24/h3-9,14-15,18-19,27H,10-13,16-17H2,1-2H3,(H,28,30)/t18-,19-. The highest BCUT2D eigenvalue weighted by Crippen LogP contribution is 2.29. The van der Waals surface area contributed by atoms with Gasteiger partial charge in [-0.3, -0.25) is 4.79 Å². The second-order valence-corrected chi connectivity index (χ2v) is 8.46. The van der Waals surface area contributed by atoms with E-state index in [0.29, 0.717) is 11.5 Å². The lowest BCUT2D eigenvalue weighted by Crippen LogP contribution is -2.32. The van der Waals surface area contributed by atoms with Gasteiger partial charge in [0.2, 0.25) is 0 Å². The van der Waals surface area contributed by atoms with Crippen molar-refractivity contribution in [2.75, 3.05) is 27.2 Å². The Bertz CT molecular complexity index is 1040. The third-order valence-corrected chi connectivity index (χ3v) is 6.34. The van der Waals surface area contributed by atoms with E-state index in [0.717, 1.165) is 46.9 Å². The molecule has 1 saturated carbocycles. The fourth-order valence-corrected chi connectivity index (χ4v) is 4.55. The minimum atomic E-state index is -0.0277. The highest BCUT2D eigenvalue weighted by Gasteiger charge is 2.22. The number of amides is 1. The number of nitrogens with zero attached hydrogens (tertiary/aromatic N) is 1. The van der Waals surface area contributed by atoms with Crippen LogP contribution >= 0.6 is 0 Å². The van der Waals surface area contributed by atoms with Crippen LogP contribution in [0.15, 0.2) is 54.6 Å². The highest BCUT2D eigenvalue weighted by molar-refractivity contribution is 6.07. The van der Waals surface area contributed by atoms with Gasteiger partial charge < -0.3 is 15.4 Å². The molecule has 0 aliphatic heterocycles. The predicted octanol–water partition coefficient (Wildman–Crippen LogP) is 4.67. The van der Waals surface area contributed by atoms with Crippen molar-refractivity contribution in [1.29, 1.82) is 0 Å². The summed E-state index contributed by atoms with van der Waals surface area (Å²) in [5.74, 6) is 2.07. The SMILES string of the molecule is CNC[C@H]1CC[C@H](CNC(=O)c2cc(-c3cccc(OC)c3)nc3ccccc23)CC1. The number of aromatic nitrogens is 1. The molecule has 4 rings (SSSR count). The Labute approximate surface area is 184 Å². The van der Waals surface area contributed by atoms with Crippen molar-refractivity contribution in [1.82, 2.24) is 15.6 Å². The Morgan fingerprint density at radius 3 is 2.48 bits per heavy atom. The van der Waals surface area contributed by atoms with Gasteiger partial charge in [-0.1, -0.05) is 30.3 Å². The van der Waals surface area contributed by atoms with Crippen molar-refractivity contribution >= 4 is 16.8 Å². The summed E-state index contributed by atoms with van der Waals surface area (Å²) in [6, 6.07) is 17.5. The summed E-state index contributed by atoms with van der Waals surface area (Å²) in [7, 11) is 3.67. The molecule has 1 aliphatic carbocycles. The molecule has 2 N–H and O–H groups in total. The molecule has 1 fully saturated rings. The number of pyridine rings is 1. The van der Waals surface area contributed by atoms with Crippen LogP contribution in [0, 0.1) is 11.8 Å². The van der Waals surface area contributed by atoms with E-state index in [1.54, 1.807) is 7.11 Å². The molecule has 3 aromatic rings. The summed E-state index contributed by atoms with van der Waals surface area (Å²) in [6.45, 7) is 1.82. The molecule has 2 aromatic carbocycles. The van der Waals surface area contributed by atoms with Crippen LogP contribution in [-0.4, -0.2) is 38.1 Å². The number of para-hydroxylation sites is 1. The maximum atomic E-state index is 13.2. The van der Waals surface area contributed by atoms with Crippen LogP contribution in [0.1, 0.15) is 36.0 Å². The fourth-order valence-electron chi connectivity index (χ4n) is 4.55. The van der Waals surface area contributed by atoms with Crippen LogP contribution in [0.3, 0.4) is 0 Å². The molecular weight excluding hydrogens is 386 g/mol. The number of hydrogen-bond donors (Lipinski definition) is 2. The topological polar surface area (TPSA) is 63.2 Å². The van der Waals surface area contributed by atoms with Gasteiger partial charge in [-0.25, -0.2) is 4.98 Å². The Morgan fingerprint density at radius 1 is 1.00 bits per heavy atom. The zero-order chi connectivity index (χ0) is 21.6. The number of rotatable bonds is 7. The van der Waals surface area contributed by atoms with E-state index >= 15 is 0 Å². The summed E-state index contributed by atoms with van der Waals surface area (Å²) < 4.78 is 5.36. The minimum absolute atomic E-state index is 0.0277. The summed E-state index contributed by atoms with van der Waals surface area (Å²) in [4.78, 5) is 18.0. The normalized spacial score (nSPS) is 18.6. The van der Waals surface area contributed by atoms with Gasteiger partial charge in [-0.15, -0.1) is 0 Å². The van der Waals surface area contributed by atoms with Crippen LogP contribution in [-0.2, 0) is 0 Å². The van der Waals surface area contributed by atoms with Crippen molar-refractivity contribution in [2.24, 2.45) is 11.8 Å². The molecule has 0 saturated heterocycles. The van der Waals surface area contributed by atoms with Gasteiger partial charge >= 0.3 is 0 Å². The number of methoxy groups -OCH3 is 1. The van der Waals surface area contributed by atoms with E-state index in [1.165, 1.54) is 25.7 Å². The van der Waals surface area contributed by atoms with Gasteiger partial charge in [0, 0.05) is 17.5 Å². The van der Waals surface area contributed by atoms with E-state index in [1.807, 2.05) is 61.6 Å². The number of nitrogens with one attached hydrogen (secondary N) is 2. The lowest BCUT2D eigenvalue weighted by Gasteiger charge is -2.28. The molecule has 5 heteroatoms. The number of carbonyl (C=O) groups is 1. The van der Waals surface area contributed by atoms with E-state index in [2.05, 4.69) is 10.6 Å². The van der Waals surface area contributed by atoms with Gasteiger partial charge in [-0.2, -0.15) is 0 Å². The summed E-state index contributed by atoms with van der Waals surface area (Å²) in [5.41, 5.74) is 3.20. The van der Waals surface area contributed by atoms with Crippen molar-refractivity contribution in [3.63, 3.8) is 0 Å². The molecule has 0 radical (unpaired) electrons. The number of hydrogen-bond acceptors (Lipinski definition) is 4. The third-order valence-electron chi connectivity index (χ3n) is 6.34. The maximum absolute atomic E-state index is 13.2. The molecule has 0 bridgehead atoms. The molecule has 1 heterocycles. The molecular formula is C26H31N3O2. The van der Waals surface area contributed by atoms with Crippen LogP contribution < -0.4 is 15.4 Å². The van der Waals surface area contributed by atoms with Crippen molar-refractivity contribution in [2.45, 2.75) is 25.7 Å². The summed E-state index contributed by atoms with van der Waals surface area (Å²) in [6.07, 6.45) is 4.83. The van der Waals surface area contributed by atoms with Gasteiger partial charge in [0.05, 0.1) is 23.9 Å². The quantitative estimate of drug-likeness (QED) is 0.587. The van der Waals surface area contributed by atoms with Gasteiger partial charge in [0.15, 0.2) is 0 Å². The zero-order valence-electron chi connectivity index (χ0n) is 18.4. The Balaban J connectivity index is 1.54. The van der Waals surface area contributed by atoms with Crippen LogP contribution in [0.4, 0.5) is 0 Å². The first-order chi connectivity index (χ1) is 15.2. The van der Waals surface area contributed by atoms with Crippen molar-refractivity contribution < 1.29 is 9.53 Å². The third kappa shape index (κ3) is 5.05. The smallest absolute Gasteiger partial charge is 0.252 e. The van der Waals surface area contributed by atoms with Gasteiger partial charge in [-0.05, 0) is 75.4 Å². The second-order valence-electron chi connectivity index (χ2n) is 8.46. The first-order valence-electron chi connectivity index (χ1n) is 11.1. The van der Waals surface area contributed by atoms with Crippen molar-refractivity contribution in [3.8, 4) is 17.0 Å². The Hall–Kier alpha value is -2.92. The van der Waals surface area contributed by atoms with E-state index < -0.39 is 0 Å². The number of benzene rings is 2. The average molecular weight is 418 g/mol. The monoisotopic (exact) mass is 417 g/mol. The molecule has 1 amide bonds. The zero-order valence-corrected chi connectivity index (χ0v) is 18.4. The maximum Gasteiger partial charge on any atom is 0.252 e. The summed E-state index contributed by atoms with van der Waals surface area (Å²) >= 11 is 0. The molecule has 162 valence electrons. The largest absolute Gasteiger partial charge is 0.497 e. The van der Waals surface area contributed by atoms with Crippen LogP contribution in [0.5, 0.6) is 5.75 Å². The summed E-state index contributed by atoms with van der Waals surface area (Å²) in [5, 5.41) is 7.36. The lowest BCUT2D eigenvalue weighted by molar-refractivity contribution is 0.0943. The Kier molecular flexibility index (Phi) is 6.82. The molecule has 0 atom stereocenters. The number of ether oxygens (including phenoxy) is 1. The van der Waals surface area contributed by atoms with Gasteiger partial charge in [0.1, 0.15) is 5.75 Å². The van der Waals surface area contributed by atoms with Crippen molar-refractivity contribution in [3.05, 3.63) is 60.2 Å². The Morgan fingerprint density at radius 2 is 1.74 bits per heavy atom. The molecule has 0 spiro atoms. The molecule has 31 heavy (non-hydrogen) atoms. The van der Waals surface area contributed by atoms with Crippen LogP contribution in [0.25, 0.3) is 22.2 Å². The predicted molar refractivity (Wildman–Crippen MR) is 125 cm³/mol. The molecule has 0 unspecified atom stereocenters. The molecule has 1 aromatic heterocycles. The first-order valence-corrected chi connectivity index (χ1v) is 11.1. The fraction of sp³-hybridized carbons (Fsp3) is 0.385. The molecule has 5 nitrogen and oxygen atoms in total. The highest BCUT2D eigenvalue weighted by atomic mass is 16.5. The average Bonchev–Trinajstić information content (AvgIpc) is 2.83. The van der Waals surface area contributed by atoms with E-state index in [9.17, 15) is 4.79 Å². The molecule has 1 aliphatic rings. The number of fused-ring (bicyclic) bond motifs is 1. The van der Waals surface area contributed by atoms with Crippen LogP contribution in [0.2, 0.25) is 0 Å². The first kappa shape index (κ1) is 21.3. The lowest BCUT2D eigenvalue weighted by atomic mass is 9.82. The van der Waals surface area contributed by atoms with Gasteiger partial charge in [0.25, 0.3) is 5.91 Å². The minimum Gasteiger partial charge on any atom is -0.497 e. The van der Waals surface area contributed by atoms with E-state index in [4.69, 9.17) is 9.72 Å². The van der Waals surface area contributed by atoms with E-state index in [-0.39, 0.29) is 5.91 Å². The number of carbonyl (C=O) groups excluding carboxylic acids is 1. The second kappa shape index (κ2) is 9.92.